The second kappa shape index (κ2) is 10.3. The number of hydrogen-bond acceptors (Lipinski definition) is 7. The fraction of sp³-hybridized carbons (Fsp3) is 0.357. The van der Waals surface area contributed by atoms with E-state index in [9.17, 15) is 9.59 Å². The molecule has 0 saturated heterocycles. The summed E-state index contributed by atoms with van der Waals surface area (Å²) in [5, 5.41) is 3.35. The molecule has 184 valence electrons. The summed E-state index contributed by atoms with van der Waals surface area (Å²) in [4.78, 5) is 26.5. The van der Waals surface area contributed by atoms with Crippen LogP contribution in [0.5, 0.6) is 17.2 Å². The van der Waals surface area contributed by atoms with Crippen molar-refractivity contribution in [3.63, 3.8) is 0 Å². The molecule has 0 amide bonds. The summed E-state index contributed by atoms with van der Waals surface area (Å²) in [6, 6.07) is 13.3. The van der Waals surface area contributed by atoms with Gasteiger partial charge in [-0.05, 0) is 61.6 Å². The molecule has 35 heavy (non-hydrogen) atoms. The van der Waals surface area contributed by atoms with Gasteiger partial charge in [-0.2, -0.15) is 0 Å². The van der Waals surface area contributed by atoms with Gasteiger partial charge in [0.2, 0.25) is 0 Å². The number of dihydropyridines is 1. The molecule has 0 saturated carbocycles. The molecule has 2 aromatic carbocycles. The summed E-state index contributed by atoms with van der Waals surface area (Å²) >= 11 is 0. The SMILES string of the molecule is CCOc1ccc([C@@H]2C(C(=O)OC)=C(C)NC3=C2C(=O)C[C@H](c2ccc(OC)c(OC)c2)C3)cc1. The molecule has 0 radical (unpaired) electrons. The molecule has 2 atom stereocenters. The first kappa shape index (κ1) is 24.4. The lowest BCUT2D eigenvalue weighted by Gasteiger charge is -2.36. The Labute approximate surface area is 205 Å². The molecule has 0 spiro atoms. The van der Waals surface area contributed by atoms with Gasteiger partial charge in [0.15, 0.2) is 17.3 Å². The first-order chi connectivity index (χ1) is 16.9. The molecule has 0 aromatic heterocycles. The van der Waals surface area contributed by atoms with Crippen molar-refractivity contribution in [3.8, 4) is 17.2 Å². The summed E-state index contributed by atoms with van der Waals surface area (Å²) in [7, 11) is 4.55. The minimum Gasteiger partial charge on any atom is -0.494 e. The number of esters is 1. The fourth-order valence-electron chi connectivity index (χ4n) is 5.02. The summed E-state index contributed by atoms with van der Waals surface area (Å²) < 4.78 is 21.5. The number of allylic oxidation sites excluding steroid dienone is 3. The number of benzene rings is 2. The van der Waals surface area contributed by atoms with Crippen molar-refractivity contribution in [1.82, 2.24) is 5.32 Å². The number of carbonyl (C=O) groups excluding carboxylic acids is 2. The monoisotopic (exact) mass is 477 g/mol. The lowest BCUT2D eigenvalue weighted by atomic mass is 9.71. The zero-order valence-electron chi connectivity index (χ0n) is 20.8. The smallest absolute Gasteiger partial charge is 0.336 e. The maximum Gasteiger partial charge on any atom is 0.336 e. The highest BCUT2D eigenvalue weighted by Gasteiger charge is 2.41. The third kappa shape index (κ3) is 4.63. The van der Waals surface area contributed by atoms with Gasteiger partial charge in [0, 0.05) is 29.3 Å². The van der Waals surface area contributed by atoms with Crippen molar-refractivity contribution in [3.05, 3.63) is 76.1 Å². The second-order valence-corrected chi connectivity index (χ2v) is 8.63. The van der Waals surface area contributed by atoms with Crippen LogP contribution in [0.1, 0.15) is 49.7 Å². The van der Waals surface area contributed by atoms with E-state index in [1.165, 1.54) is 7.11 Å². The van der Waals surface area contributed by atoms with Gasteiger partial charge in [0.25, 0.3) is 0 Å². The third-order valence-corrected chi connectivity index (χ3v) is 6.64. The van der Waals surface area contributed by atoms with E-state index in [1.807, 2.05) is 56.3 Å². The molecule has 0 fully saturated rings. The van der Waals surface area contributed by atoms with Gasteiger partial charge in [-0.15, -0.1) is 0 Å². The number of Topliss-reactive ketones (excluding diaryl/α,β-unsaturated/α-hetero) is 1. The van der Waals surface area contributed by atoms with Crippen molar-refractivity contribution in [2.24, 2.45) is 0 Å². The standard InChI is InChI=1S/C28H31NO6/c1-6-35-20-10-7-17(8-11-20)26-25(28(31)34-5)16(2)29-21-13-19(14-22(30)27(21)26)18-9-12-23(32-3)24(15-18)33-4/h7-12,15,19,26,29H,6,13-14H2,1-5H3/t19-,26-/m1/s1. The highest BCUT2D eigenvalue weighted by molar-refractivity contribution is 6.04. The van der Waals surface area contributed by atoms with Crippen molar-refractivity contribution < 1.29 is 28.5 Å². The topological polar surface area (TPSA) is 83.1 Å². The Balaban J connectivity index is 1.75. The van der Waals surface area contributed by atoms with Crippen LogP contribution in [0.4, 0.5) is 0 Å². The van der Waals surface area contributed by atoms with Crippen molar-refractivity contribution in [2.75, 3.05) is 27.9 Å². The lowest BCUT2D eigenvalue weighted by Crippen LogP contribution is -2.36. The van der Waals surface area contributed by atoms with E-state index >= 15 is 0 Å². The zero-order valence-corrected chi connectivity index (χ0v) is 20.8. The molecule has 1 aliphatic heterocycles. The Kier molecular flexibility index (Phi) is 7.15. The first-order valence-corrected chi connectivity index (χ1v) is 11.7. The average molecular weight is 478 g/mol. The molecule has 0 bridgehead atoms. The zero-order chi connectivity index (χ0) is 25.1. The van der Waals surface area contributed by atoms with Gasteiger partial charge in [0.1, 0.15) is 5.75 Å². The van der Waals surface area contributed by atoms with Crippen LogP contribution < -0.4 is 19.5 Å². The highest BCUT2D eigenvalue weighted by Crippen LogP contribution is 2.46. The quantitative estimate of drug-likeness (QED) is 0.582. The molecule has 7 heteroatoms. The van der Waals surface area contributed by atoms with E-state index in [0.717, 1.165) is 22.6 Å². The predicted octanol–water partition coefficient (Wildman–Crippen LogP) is 4.64. The van der Waals surface area contributed by atoms with Gasteiger partial charge < -0.3 is 24.3 Å². The van der Waals surface area contributed by atoms with Crippen molar-refractivity contribution in [2.45, 2.75) is 38.5 Å². The van der Waals surface area contributed by atoms with Crippen LogP contribution in [0.25, 0.3) is 0 Å². The van der Waals surface area contributed by atoms with Crippen LogP contribution in [0.15, 0.2) is 65.0 Å². The molecule has 0 unspecified atom stereocenters. The van der Waals surface area contributed by atoms with E-state index in [4.69, 9.17) is 18.9 Å². The molecule has 1 heterocycles. The van der Waals surface area contributed by atoms with E-state index in [1.54, 1.807) is 14.2 Å². The molecule has 1 aliphatic carbocycles. The number of nitrogens with one attached hydrogen (secondary N) is 1. The Morgan fingerprint density at radius 1 is 0.971 bits per heavy atom. The number of methoxy groups -OCH3 is 3. The summed E-state index contributed by atoms with van der Waals surface area (Å²) in [6.07, 6.45) is 0.965. The Hall–Kier alpha value is -3.74. The number of hydrogen-bond donors (Lipinski definition) is 1. The van der Waals surface area contributed by atoms with Crippen molar-refractivity contribution in [1.29, 1.82) is 0 Å². The normalized spacial score (nSPS) is 19.6. The maximum atomic E-state index is 13.7. The Morgan fingerprint density at radius 2 is 1.66 bits per heavy atom. The number of rotatable bonds is 7. The summed E-state index contributed by atoms with van der Waals surface area (Å²) in [5.41, 5.74) is 4.45. The van der Waals surface area contributed by atoms with Gasteiger partial charge in [-0.25, -0.2) is 4.79 Å². The minimum atomic E-state index is -0.506. The Bertz CT molecular complexity index is 1190. The number of ketones is 1. The van der Waals surface area contributed by atoms with Crippen LogP contribution in [0, 0.1) is 0 Å². The number of ether oxygens (including phenoxy) is 4. The molecular formula is C28H31NO6. The first-order valence-electron chi connectivity index (χ1n) is 11.7. The molecule has 1 N–H and O–H groups in total. The van der Waals surface area contributed by atoms with Gasteiger partial charge in [0.05, 0.1) is 33.5 Å². The van der Waals surface area contributed by atoms with E-state index < -0.39 is 11.9 Å². The predicted molar refractivity (Wildman–Crippen MR) is 132 cm³/mol. The third-order valence-electron chi connectivity index (χ3n) is 6.64. The van der Waals surface area contributed by atoms with E-state index in [2.05, 4.69) is 5.32 Å². The van der Waals surface area contributed by atoms with Crippen LogP contribution in [-0.2, 0) is 14.3 Å². The molecule has 4 rings (SSSR count). The summed E-state index contributed by atoms with van der Waals surface area (Å²) in [5.74, 6) is 1.04. The van der Waals surface area contributed by atoms with E-state index in [0.29, 0.717) is 47.8 Å². The van der Waals surface area contributed by atoms with Crippen molar-refractivity contribution >= 4 is 11.8 Å². The van der Waals surface area contributed by atoms with Crippen LogP contribution in [0.2, 0.25) is 0 Å². The van der Waals surface area contributed by atoms with Crippen LogP contribution >= 0.6 is 0 Å². The Morgan fingerprint density at radius 3 is 2.29 bits per heavy atom. The lowest BCUT2D eigenvalue weighted by molar-refractivity contribution is -0.136. The van der Waals surface area contributed by atoms with Gasteiger partial charge >= 0.3 is 5.97 Å². The van der Waals surface area contributed by atoms with Crippen LogP contribution in [0.3, 0.4) is 0 Å². The molecule has 7 nitrogen and oxygen atoms in total. The largest absolute Gasteiger partial charge is 0.494 e. The minimum absolute atomic E-state index is 0.00585. The molecule has 2 aromatic rings. The van der Waals surface area contributed by atoms with Gasteiger partial charge in [-0.3, -0.25) is 4.79 Å². The van der Waals surface area contributed by atoms with E-state index in [-0.39, 0.29) is 11.7 Å². The highest BCUT2D eigenvalue weighted by atomic mass is 16.5. The fourth-order valence-corrected chi connectivity index (χ4v) is 5.02. The second-order valence-electron chi connectivity index (χ2n) is 8.63. The summed E-state index contributed by atoms with van der Waals surface area (Å²) in [6.45, 7) is 4.33. The molecular weight excluding hydrogens is 446 g/mol. The maximum absolute atomic E-state index is 13.7. The average Bonchev–Trinajstić information content (AvgIpc) is 2.87. The number of carbonyl (C=O) groups is 2. The molecule has 2 aliphatic rings. The van der Waals surface area contributed by atoms with Crippen LogP contribution in [-0.4, -0.2) is 39.7 Å². The van der Waals surface area contributed by atoms with Gasteiger partial charge in [-0.1, -0.05) is 18.2 Å².